The largest absolute Gasteiger partial charge is 0.368 e. The van der Waals surface area contributed by atoms with Gasteiger partial charge in [-0.3, -0.25) is 4.79 Å². The van der Waals surface area contributed by atoms with Crippen molar-refractivity contribution in [3.8, 4) is 0 Å². The first kappa shape index (κ1) is 14.4. The van der Waals surface area contributed by atoms with Crippen LogP contribution in [0.2, 0.25) is 5.02 Å². The quantitative estimate of drug-likeness (QED) is 0.834. The van der Waals surface area contributed by atoms with E-state index in [4.69, 9.17) is 11.6 Å². The van der Waals surface area contributed by atoms with Gasteiger partial charge in [-0.15, -0.1) is 0 Å². The number of anilines is 1. The number of piperazine rings is 1. The highest BCUT2D eigenvalue weighted by molar-refractivity contribution is 6.30. The molecule has 2 saturated carbocycles. The smallest absolute Gasteiger partial charge is 0.226 e. The molecule has 0 unspecified atom stereocenters. The highest BCUT2D eigenvalue weighted by atomic mass is 35.5. The summed E-state index contributed by atoms with van der Waals surface area (Å²) in [6.07, 6.45) is 5.10. The molecule has 1 saturated heterocycles. The minimum Gasteiger partial charge on any atom is -0.368 e. The molecule has 1 aromatic carbocycles. The Morgan fingerprint density at radius 2 is 1.73 bits per heavy atom. The molecule has 0 N–H and O–H groups in total. The van der Waals surface area contributed by atoms with E-state index >= 15 is 0 Å². The van der Waals surface area contributed by atoms with Crippen LogP contribution in [0, 0.1) is 17.8 Å². The van der Waals surface area contributed by atoms with Crippen LogP contribution in [-0.2, 0) is 4.79 Å². The molecule has 2 bridgehead atoms. The minimum absolute atomic E-state index is 0.334. The van der Waals surface area contributed by atoms with E-state index < -0.39 is 0 Å². The van der Waals surface area contributed by atoms with Crippen molar-refractivity contribution in [2.24, 2.45) is 17.8 Å². The Morgan fingerprint density at radius 3 is 2.32 bits per heavy atom. The summed E-state index contributed by atoms with van der Waals surface area (Å²) in [6, 6.07) is 8.00. The monoisotopic (exact) mass is 318 g/mol. The van der Waals surface area contributed by atoms with Crippen molar-refractivity contribution in [1.82, 2.24) is 4.90 Å². The van der Waals surface area contributed by atoms with Crippen LogP contribution in [0.4, 0.5) is 5.69 Å². The normalized spacial score (nSPS) is 30.9. The van der Waals surface area contributed by atoms with Gasteiger partial charge in [-0.1, -0.05) is 18.0 Å². The number of halogens is 1. The third-order valence-electron chi connectivity index (χ3n) is 5.84. The van der Waals surface area contributed by atoms with Gasteiger partial charge in [0.05, 0.1) is 0 Å². The molecule has 3 fully saturated rings. The fraction of sp³-hybridized carbons (Fsp3) is 0.611. The van der Waals surface area contributed by atoms with Gasteiger partial charge in [0, 0.05) is 42.8 Å². The number of carbonyl (C=O) groups is 1. The zero-order valence-electron chi connectivity index (χ0n) is 12.9. The molecule has 0 spiro atoms. The summed E-state index contributed by atoms with van der Waals surface area (Å²) < 4.78 is 0. The number of hydrogen-bond acceptors (Lipinski definition) is 2. The van der Waals surface area contributed by atoms with Crippen molar-refractivity contribution in [2.75, 3.05) is 31.1 Å². The van der Waals surface area contributed by atoms with Crippen LogP contribution in [0.1, 0.15) is 25.7 Å². The molecule has 22 heavy (non-hydrogen) atoms. The van der Waals surface area contributed by atoms with Crippen molar-refractivity contribution in [3.05, 3.63) is 29.3 Å². The van der Waals surface area contributed by atoms with Gasteiger partial charge in [0.25, 0.3) is 0 Å². The zero-order valence-corrected chi connectivity index (χ0v) is 13.6. The molecular weight excluding hydrogens is 296 g/mol. The van der Waals surface area contributed by atoms with Crippen molar-refractivity contribution in [3.63, 3.8) is 0 Å². The summed E-state index contributed by atoms with van der Waals surface area (Å²) in [6.45, 7) is 3.56. The minimum atomic E-state index is 0.334. The number of fused-ring (bicyclic) bond motifs is 2. The van der Waals surface area contributed by atoms with E-state index in [1.54, 1.807) is 0 Å². The van der Waals surface area contributed by atoms with Crippen LogP contribution in [-0.4, -0.2) is 37.0 Å². The molecule has 0 aromatic heterocycles. The SMILES string of the molecule is O=C([C@@H]1C[C@@H]2CC[C@@H]1C2)N1CCN(c2ccc(Cl)cc2)CC1. The van der Waals surface area contributed by atoms with Crippen molar-refractivity contribution < 1.29 is 4.79 Å². The third kappa shape index (κ3) is 2.60. The van der Waals surface area contributed by atoms with Gasteiger partial charge in [0.15, 0.2) is 0 Å². The maximum atomic E-state index is 12.8. The molecule has 118 valence electrons. The van der Waals surface area contributed by atoms with Crippen LogP contribution in [0.3, 0.4) is 0 Å². The van der Waals surface area contributed by atoms with E-state index in [1.807, 2.05) is 12.1 Å². The van der Waals surface area contributed by atoms with E-state index in [9.17, 15) is 4.79 Å². The molecule has 1 amide bonds. The van der Waals surface area contributed by atoms with Crippen LogP contribution < -0.4 is 4.90 Å². The van der Waals surface area contributed by atoms with Crippen molar-refractivity contribution >= 4 is 23.2 Å². The van der Waals surface area contributed by atoms with Crippen LogP contribution in [0.15, 0.2) is 24.3 Å². The highest BCUT2D eigenvalue weighted by Crippen LogP contribution is 2.48. The summed E-state index contributed by atoms with van der Waals surface area (Å²) in [7, 11) is 0. The van der Waals surface area contributed by atoms with Gasteiger partial charge < -0.3 is 9.80 Å². The number of rotatable bonds is 2. The summed E-state index contributed by atoms with van der Waals surface area (Å²) in [4.78, 5) is 17.2. The first-order valence-electron chi connectivity index (χ1n) is 8.50. The number of benzene rings is 1. The second-order valence-electron chi connectivity index (χ2n) is 7.07. The maximum absolute atomic E-state index is 12.8. The van der Waals surface area contributed by atoms with Gasteiger partial charge in [-0.05, 0) is 55.4 Å². The average Bonchev–Trinajstić information content (AvgIpc) is 3.18. The van der Waals surface area contributed by atoms with E-state index in [0.717, 1.165) is 43.5 Å². The Labute approximate surface area is 137 Å². The number of nitrogens with zero attached hydrogens (tertiary/aromatic N) is 2. The molecule has 4 heteroatoms. The Morgan fingerprint density at radius 1 is 1.00 bits per heavy atom. The van der Waals surface area contributed by atoms with Gasteiger partial charge in [-0.25, -0.2) is 0 Å². The molecule has 3 aliphatic rings. The molecule has 2 aliphatic carbocycles. The van der Waals surface area contributed by atoms with Crippen LogP contribution in [0.25, 0.3) is 0 Å². The van der Waals surface area contributed by atoms with Gasteiger partial charge in [0.2, 0.25) is 5.91 Å². The Balaban J connectivity index is 1.35. The molecule has 3 nitrogen and oxygen atoms in total. The van der Waals surface area contributed by atoms with E-state index in [0.29, 0.717) is 17.7 Å². The second kappa shape index (κ2) is 5.77. The van der Waals surface area contributed by atoms with E-state index in [1.165, 1.54) is 24.9 Å². The maximum Gasteiger partial charge on any atom is 0.226 e. The third-order valence-corrected chi connectivity index (χ3v) is 6.09. The topological polar surface area (TPSA) is 23.6 Å². The molecule has 1 heterocycles. The Hall–Kier alpha value is -1.22. The zero-order chi connectivity index (χ0) is 15.1. The molecule has 1 aliphatic heterocycles. The first-order chi connectivity index (χ1) is 10.7. The number of amides is 1. The molecular formula is C18H23ClN2O. The average molecular weight is 319 g/mol. The summed E-state index contributed by atoms with van der Waals surface area (Å²) in [5.41, 5.74) is 1.21. The van der Waals surface area contributed by atoms with E-state index in [-0.39, 0.29) is 0 Å². The lowest BCUT2D eigenvalue weighted by molar-refractivity contribution is -0.137. The predicted octanol–water partition coefficient (Wildman–Crippen LogP) is 3.42. The highest BCUT2D eigenvalue weighted by Gasteiger charge is 2.44. The standard InChI is InChI=1S/C18H23ClN2O/c19-15-3-5-16(6-4-15)20-7-9-21(10-8-20)18(22)17-12-13-1-2-14(17)11-13/h3-6,13-14,17H,1-2,7-12H2/t13-,14-,17-/m1/s1. The summed E-state index contributed by atoms with van der Waals surface area (Å²) in [5.74, 6) is 2.30. The van der Waals surface area contributed by atoms with Gasteiger partial charge in [0.1, 0.15) is 0 Å². The first-order valence-corrected chi connectivity index (χ1v) is 8.88. The summed E-state index contributed by atoms with van der Waals surface area (Å²) >= 11 is 5.95. The van der Waals surface area contributed by atoms with Crippen molar-refractivity contribution in [2.45, 2.75) is 25.7 Å². The summed E-state index contributed by atoms with van der Waals surface area (Å²) in [5, 5.41) is 0.772. The Kier molecular flexibility index (Phi) is 3.77. The number of hydrogen-bond donors (Lipinski definition) is 0. The van der Waals surface area contributed by atoms with Gasteiger partial charge >= 0.3 is 0 Å². The fourth-order valence-electron chi connectivity index (χ4n) is 4.62. The number of carbonyl (C=O) groups excluding carboxylic acids is 1. The molecule has 0 radical (unpaired) electrons. The predicted molar refractivity (Wildman–Crippen MR) is 89.2 cm³/mol. The second-order valence-corrected chi connectivity index (χ2v) is 7.51. The Bertz CT molecular complexity index is 551. The fourth-order valence-corrected chi connectivity index (χ4v) is 4.74. The molecule has 4 rings (SSSR count). The van der Waals surface area contributed by atoms with Crippen LogP contribution >= 0.6 is 11.6 Å². The lowest BCUT2D eigenvalue weighted by Crippen LogP contribution is -2.51. The molecule has 3 atom stereocenters. The van der Waals surface area contributed by atoms with E-state index in [2.05, 4.69) is 21.9 Å². The van der Waals surface area contributed by atoms with Crippen molar-refractivity contribution in [1.29, 1.82) is 0 Å². The lowest BCUT2D eigenvalue weighted by Gasteiger charge is -2.38. The van der Waals surface area contributed by atoms with Crippen LogP contribution in [0.5, 0.6) is 0 Å². The lowest BCUT2D eigenvalue weighted by atomic mass is 9.87. The molecule has 1 aromatic rings. The van der Waals surface area contributed by atoms with Gasteiger partial charge in [-0.2, -0.15) is 0 Å².